The van der Waals surface area contributed by atoms with Crippen molar-refractivity contribution in [1.29, 1.82) is 0 Å². The molecular weight excluding hydrogens is 276 g/mol. The van der Waals surface area contributed by atoms with Crippen molar-refractivity contribution in [1.82, 2.24) is 15.5 Å². The van der Waals surface area contributed by atoms with Gasteiger partial charge in [-0.15, -0.1) is 0 Å². The number of rotatable bonds is 9. The number of likely N-dealkylation sites (N-methyl/N-ethyl adjacent to an activating group) is 1. The largest absolute Gasteiger partial charge is 0.468 e. The highest BCUT2D eigenvalue weighted by Gasteiger charge is 2.20. The highest BCUT2D eigenvalue weighted by atomic mass is 16.3. The molecule has 0 amide bonds. The Bertz CT molecular complexity index is 410. The molecular formula is C17H32N4O. The van der Waals surface area contributed by atoms with E-state index in [1.807, 2.05) is 12.1 Å². The summed E-state index contributed by atoms with van der Waals surface area (Å²) in [5.41, 5.74) is 0. The van der Waals surface area contributed by atoms with Crippen molar-refractivity contribution in [3.8, 4) is 0 Å². The van der Waals surface area contributed by atoms with Gasteiger partial charge in [0.25, 0.3) is 0 Å². The van der Waals surface area contributed by atoms with Gasteiger partial charge in [0.05, 0.1) is 12.3 Å². The van der Waals surface area contributed by atoms with Gasteiger partial charge in [0, 0.05) is 19.6 Å². The molecule has 0 fully saturated rings. The summed E-state index contributed by atoms with van der Waals surface area (Å²) in [5, 5.41) is 6.75. The SMILES string of the molecule is CCNC(=NCC(C)C)NCC(c1ccco1)N(CC)CC. The van der Waals surface area contributed by atoms with Gasteiger partial charge in [0.1, 0.15) is 5.76 Å². The molecule has 0 aliphatic heterocycles. The van der Waals surface area contributed by atoms with Gasteiger partial charge >= 0.3 is 0 Å². The molecule has 5 heteroatoms. The van der Waals surface area contributed by atoms with Crippen LogP contribution < -0.4 is 10.6 Å². The first kappa shape index (κ1) is 18.6. The number of furan rings is 1. The number of guanidine groups is 1. The lowest BCUT2D eigenvalue weighted by Gasteiger charge is -2.28. The Labute approximate surface area is 135 Å². The normalized spacial score (nSPS) is 13.7. The van der Waals surface area contributed by atoms with Crippen LogP contribution in [-0.2, 0) is 0 Å². The van der Waals surface area contributed by atoms with Gasteiger partial charge in [0.15, 0.2) is 5.96 Å². The molecule has 1 heterocycles. The predicted molar refractivity (Wildman–Crippen MR) is 93.2 cm³/mol. The molecule has 0 radical (unpaired) electrons. The van der Waals surface area contributed by atoms with Crippen molar-refractivity contribution >= 4 is 5.96 Å². The standard InChI is InChI=1S/C17H32N4O/c1-6-18-17(19-12-14(4)5)20-13-15(21(7-2)8-3)16-10-9-11-22-16/h9-11,14-15H,6-8,12-13H2,1-5H3,(H2,18,19,20). The van der Waals surface area contributed by atoms with Crippen LogP contribution in [0.5, 0.6) is 0 Å². The fourth-order valence-corrected chi connectivity index (χ4v) is 2.36. The summed E-state index contributed by atoms with van der Waals surface area (Å²) in [6.45, 7) is 15.2. The van der Waals surface area contributed by atoms with Crippen LogP contribution in [0.15, 0.2) is 27.8 Å². The molecule has 0 bridgehead atoms. The molecule has 1 aromatic rings. The van der Waals surface area contributed by atoms with Crippen LogP contribution in [0, 0.1) is 5.92 Å². The van der Waals surface area contributed by atoms with E-state index in [1.165, 1.54) is 0 Å². The van der Waals surface area contributed by atoms with Crippen LogP contribution in [0.3, 0.4) is 0 Å². The summed E-state index contributed by atoms with van der Waals surface area (Å²) in [6, 6.07) is 4.21. The Balaban J connectivity index is 2.73. The maximum absolute atomic E-state index is 5.63. The molecule has 0 aliphatic rings. The minimum atomic E-state index is 0.216. The Kier molecular flexibility index (Phi) is 8.67. The van der Waals surface area contributed by atoms with Crippen LogP contribution in [0.25, 0.3) is 0 Å². The average molecular weight is 308 g/mol. The van der Waals surface area contributed by atoms with E-state index in [4.69, 9.17) is 4.42 Å². The highest BCUT2D eigenvalue weighted by Crippen LogP contribution is 2.20. The van der Waals surface area contributed by atoms with Crippen LogP contribution in [0.1, 0.15) is 46.4 Å². The maximum atomic E-state index is 5.63. The maximum Gasteiger partial charge on any atom is 0.191 e. The Hall–Kier alpha value is -1.49. The van der Waals surface area contributed by atoms with Gasteiger partial charge in [-0.2, -0.15) is 0 Å². The third-order valence-corrected chi connectivity index (χ3v) is 3.55. The molecule has 0 saturated heterocycles. The molecule has 126 valence electrons. The number of hydrogen-bond donors (Lipinski definition) is 2. The second-order valence-corrected chi connectivity index (χ2v) is 5.75. The van der Waals surface area contributed by atoms with Crippen LogP contribution >= 0.6 is 0 Å². The van der Waals surface area contributed by atoms with Gasteiger partial charge in [-0.25, -0.2) is 0 Å². The fraction of sp³-hybridized carbons (Fsp3) is 0.706. The molecule has 1 rings (SSSR count). The Morgan fingerprint density at radius 1 is 1.23 bits per heavy atom. The highest BCUT2D eigenvalue weighted by molar-refractivity contribution is 5.79. The summed E-state index contributed by atoms with van der Waals surface area (Å²) >= 11 is 0. The van der Waals surface area contributed by atoms with E-state index in [9.17, 15) is 0 Å². The summed E-state index contributed by atoms with van der Waals surface area (Å²) in [4.78, 5) is 7.01. The second-order valence-electron chi connectivity index (χ2n) is 5.75. The molecule has 1 atom stereocenters. The number of nitrogens with one attached hydrogen (secondary N) is 2. The minimum Gasteiger partial charge on any atom is -0.468 e. The minimum absolute atomic E-state index is 0.216. The fourth-order valence-electron chi connectivity index (χ4n) is 2.36. The third-order valence-electron chi connectivity index (χ3n) is 3.55. The second kappa shape index (κ2) is 10.3. The van der Waals surface area contributed by atoms with Gasteiger partial charge in [-0.1, -0.05) is 27.7 Å². The smallest absolute Gasteiger partial charge is 0.191 e. The first-order valence-corrected chi connectivity index (χ1v) is 8.41. The van der Waals surface area contributed by atoms with E-state index < -0.39 is 0 Å². The van der Waals surface area contributed by atoms with E-state index in [-0.39, 0.29) is 6.04 Å². The number of hydrogen-bond acceptors (Lipinski definition) is 3. The molecule has 1 unspecified atom stereocenters. The van der Waals surface area contributed by atoms with Crippen LogP contribution in [0.2, 0.25) is 0 Å². The average Bonchev–Trinajstić information content (AvgIpc) is 3.02. The lowest BCUT2D eigenvalue weighted by Crippen LogP contribution is -2.43. The molecule has 0 saturated carbocycles. The van der Waals surface area contributed by atoms with Crippen molar-refractivity contribution in [2.45, 2.75) is 40.7 Å². The zero-order valence-electron chi connectivity index (χ0n) is 14.7. The summed E-state index contributed by atoms with van der Waals surface area (Å²) in [6.07, 6.45) is 1.74. The molecule has 1 aromatic heterocycles. The molecule has 0 aliphatic carbocycles. The molecule has 0 spiro atoms. The molecule has 0 aromatic carbocycles. The summed E-state index contributed by atoms with van der Waals surface area (Å²) < 4.78 is 5.63. The number of nitrogens with zero attached hydrogens (tertiary/aromatic N) is 2. The molecule has 2 N–H and O–H groups in total. The van der Waals surface area contributed by atoms with Crippen LogP contribution in [-0.4, -0.2) is 43.6 Å². The van der Waals surface area contributed by atoms with Gasteiger partial charge in [-0.3, -0.25) is 9.89 Å². The Morgan fingerprint density at radius 3 is 2.45 bits per heavy atom. The van der Waals surface area contributed by atoms with E-state index in [0.717, 1.165) is 44.4 Å². The van der Waals surface area contributed by atoms with Gasteiger partial charge in [0.2, 0.25) is 0 Å². The summed E-state index contributed by atoms with van der Waals surface area (Å²) in [5.74, 6) is 2.43. The first-order valence-electron chi connectivity index (χ1n) is 8.41. The summed E-state index contributed by atoms with van der Waals surface area (Å²) in [7, 11) is 0. The van der Waals surface area contributed by atoms with E-state index in [0.29, 0.717) is 5.92 Å². The molecule has 22 heavy (non-hydrogen) atoms. The van der Waals surface area contributed by atoms with Crippen molar-refractivity contribution in [3.05, 3.63) is 24.2 Å². The van der Waals surface area contributed by atoms with E-state index in [2.05, 4.69) is 55.1 Å². The van der Waals surface area contributed by atoms with Crippen molar-refractivity contribution in [2.24, 2.45) is 10.9 Å². The van der Waals surface area contributed by atoms with Crippen LogP contribution in [0.4, 0.5) is 0 Å². The van der Waals surface area contributed by atoms with Gasteiger partial charge < -0.3 is 15.1 Å². The topological polar surface area (TPSA) is 52.8 Å². The van der Waals surface area contributed by atoms with E-state index >= 15 is 0 Å². The lowest BCUT2D eigenvalue weighted by molar-refractivity contribution is 0.193. The monoisotopic (exact) mass is 308 g/mol. The van der Waals surface area contributed by atoms with Crippen molar-refractivity contribution in [2.75, 3.05) is 32.7 Å². The van der Waals surface area contributed by atoms with Crippen molar-refractivity contribution < 1.29 is 4.42 Å². The lowest BCUT2D eigenvalue weighted by atomic mass is 10.2. The Morgan fingerprint density at radius 2 is 1.95 bits per heavy atom. The zero-order valence-corrected chi connectivity index (χ0v) is 14.7. The molecule has 5 nitrogen and oxygen atoms in total. The van der Waals surface area contributed by atoms with Gasteiger partial charge in [-0.05, 0) is 38.1 Å². The number of aliphatic imine (C=N–C) groups is 1. The third kappa shape index (κ3) is 6.10. The van der Waals surface area contributed by atoms with E-state index in [1.54, 1.807) is 6.26 Å². The zero-order chi connectivity index (χ0) is 16.4. The first-order chi connectivity index (χ1) is 10.6. The predicted octanol–water partition coefficient (Wildman–Crippen LogP) is 2.87. The quantitative estimate of drug-likeness (QED) is 0.544. The van der Waals surface area contributed by atoms with Crippen molar-refractivity contribution in [3.63, 3.8) is 0 Å².